The molecule has 18 heavy (non-hydrogen) atoms. The highest BCUT2D eigenvalue weighted by Gasteiger charge is 2.32. The molecule has 0 radical (unpaired) electrons. The predicted molar refractivity (Wildman–Crippen MR) is 72.6 cm³/mol. The SMILES string of the molecule is CCC/C(=C\C=C(/C)F)CC1(C#N)CCNCC1. The molecule has 1 aliphatic rings. The number of nitrogens with one attached hydrogen (secondary N) is 1. The van der Waals surface area contributed by atoms with Crippen molar-refractivity contribution in [3.05, 3.63) is 23.6 Å². The molecule has 100 valence electrons. The molecule has 0 aromatic rings. The molecule has 0 amide bonds. The third-order valence-corrected chi connectivity index (χ3v) is 3.48. The predicted octanol–water partition coefficient (Wildman–Crippen LogP) is 3.87. The van der Waals surface area contributed by atoms with Gasteiger partial charge in [-0.25, -0.2) is 4.39 Å². The van der Waals surface area contributed by atoms with E-state index < -0.39 is 0 Å². The molecule has 3 heteroatoms. The summed E-state index contributed by atoms with van der Waals surface area (Å²) in [5, 5.41) is 12.7. The van der Waals surface area contributed by atoms with Crippen LogP contribution >= 0.6 is 0 Å². The molecular formula is C15H23FN2. The van der Waals surface area contributed by atoms with Crippen LogP contribution in [0.5, 0.6) is 0 Å². The Labute approximate surface area is 110 Å². The Kier molecular flexibility index (Phi) is 6.07. The highest BCUT2D eigenvalue weighted by Crippen LogP contribution is 2.36. The van der Waals surface area contributed by atoms with Crippen molar-refractivity contribution >= 4 is 0 Å². The van der Waals surface area contributed by atoms with E-state index in [0.29, 0.717) is 0 Å². The Hall–Kier alpha value is -1.14. The summed E-state index contributed by atoms with van der Waals surface area (Å²) >= 11 is 0. The minimum absolute atomic E-state index is 0.181. The van der Waals surface area contributed by atoms with E-state index in [9.17, 15) is 9.65 Å². The lowest BCUT2D eigenvalue weighted by atomic mass is 9.74. The van der Waals surface area contributed by atoms with Gasteiger partial charge < -0.3 is 5.32 Å². The molecule has 0 spiro atoms. The van der Waals surface area contributed by atoms with Gasteiger partial charge in [-0.05, 0) is 51.8 Å². The van der Waals surface area contributed by atoms with Crippen LogP contribution in [-0.2, 0) is 0 Å². The van der Waals surface area contributed by atoms with Crippen molar-refractivity contribution in [1.29, 1.82) is 5.26 Å². The zero-order chi connectivity index (χ0) is 13.4. The largest absolute Gasteiger partial charge is 0.317 e. The number of nitrogens with zero attached hydrogens (tertiary/aromatic N) is 1. The molecule has 0 aliphatic carbocycles. The van der Waals surface area contributed by atoms with Crippen LogP contribution in [0.25, 0.3) is 0 Å². The van der Waals surface area contributed by atoms with E-state index in [-0.39, 0.29) is 11.2 Å². The lowest BCUT2D eigenvalue weighted by Gasteiger charge is -2.32. The zero-order valence-corrected chi connectivity index (χ0v) is 11.4. The molecule has 2 nitrogen and oxygen atoms in total. The van der Waals surface area contributed by atoms with Gasteiger partial charge in [0.05, 0.1) is 17.3 Å². The van der Waals surface area contributed by atoms with Crippen LogP contribution < -0.4 is 5.32 Å². The average molecular weight is 250 g/mol. The van der Waals surface area contributed by atoms with Crippen LogP contribution in [-0.4, -0.2) is 13.1 Å². The van der Waals surface area contributed by atoms with Crippen molar-refractivity contribution in [2.45, 2.75) is 46.0 Å². The van der Waals surface area contributed by atoms with Gasteiger partial charge in [-0.2, -0.15) is 5.26 Å². The summed E-state index contributed by atoms with van der Waals surface area (Å²) in [6.45, 7) is 5.38. The fraction of sp³-hybridized carbons (Fsp3) is 0.667. The zero-order valence-electron chi connectivity index (χ0n) is 11.4. The Morgan fingerprint density at radius 3 is 2.56 bits per heavy atom. The first kappa shape index (κ1) is 14.9. The van der Waals surface area contributed by atoms with Crippen molar-refractivity contribution in [3.63, 3.8) is 0 Å². The molecular weight excluding hydrogens is 227 g/mol. The van der Waals surface area contributed by atoms with E-state index in [0.717, 1.165) is 45.2 Å². The van der Waals surface area contributed by atoms with E-state index in [2.05, 4.69) is 18.3 Å². The maximum atomic E-state index is 12.8. The van der Waals surface area contributed by atoms with Crippen LogP contribution in [0.4, 0.5) is 4.39 Å². The van der Waals surface area contributed by atoms with Gasteiger partial charge in [0.25, 0.3) is 0 Å². The Balaban J connectivity index is 2.78. The van der Waals surface area contributed by atoms with E-state index >= 15 is 0 Å². The second kappa shape index (κ2) is 7.33. The molecule has 0 aromatic heterocycles. The minimum atomic E-state index is -0.246. The van der Waals surface area contributed by atoms with Crippen molar-refractivity contribution in [1.82, 2.24) is 5.32 Å². The average Bonchev–Trinajstić information content (AvgIpc) is 2.37. The number of hydrogen-bond acceptors (Lipinski definition) is 2. The maximum Gasteiger partial charge on any atom is 0.0968 e. The summed E-state index contributed by atoms with van der Waals surface area (Å²) in [7, 11) is 0. The number of hydrogen-bond donors (Lipinski definition) is 1. The Morgan fingerprint density at radius 1 is 1.39 bits per heavy atom. The second-order valence-corrected chi connectivity index (χ2v) is 5.15. The van der Waals surface area contributed by atoms with Crippen LogP contribution in [0.1, 0.15) is 46.0 Å². The molecule has 1 aliphatic heterocycles. The lowest BCUT2D eigenvalue weighted by Crippen LogP contribution is -2.36. The summed E-state index contributed by atoms with van der Waals surface area (Å²) in [5.74, 6) is -0.181. The third kappa shape index (κ3) is 4.62. The number of allylic oxidation sites excluding steroid dienone is 4. The maximum absolute atomic E-state index is 12.8. The first-order valence-electron chi connectivity index (χ1n) is 6.76. The van der Waals surface area contributed by atoms with Crippen LogP contribution in [0.15, 0.2) is 23.6 Å². The highest BCUT2D eigenvalue weighted by molar-refractivity contribution is 5.19. The van der Waals surface area contributed by atoms with Crippen molar-refractivity contribution < 1.29 is 4.39 Å². The standard InChI is InChI=1S/C15H23FN2/c1-3-4-14(6-5-13(2)16)11-15(12-17)7-9-18-10-8-15/h5-6,18H,3-4,7-11H2,1-2H3/b13-5+,14-6+. The second-order valence-electron chi connectivity index (χ2n) is 5.15. The van der Waals surface area contributed by atoms with Gasteiger partial charge in [-0.15, -0.1) is 0 Å². The van der Waals surface area contributed by atoms with Gasteiger partial charge in [-0.3, -0.25) is 0 Å². The molecule has 0 unspecified atom stereocenters. The number of halogens is 1. The number of nitriles is 1. The van der Waals surface area contributed by atoms with E-state index in [1.54, 1.807) is 0 Å². The van der Waals surface area contributed by atoms with Crippen molar-refractivity contribution in [3.8, 4) is 6.07 Å². The van der Waals surface area contributed by atoms with Crippen molar-refractivity contribution in [2.75, 3.05) is 13.1 Å². The normalized spacial score (nSPS) is 20.6. The van der Waals surface area contributed by atoms with E-state index in [1.165, 1.54) is 18.6 Å². The summed E-state index contributed by atoms with van der Waals surface area (Å²) in [6.07, 6.45) is 7.91. The molecule has 0 atom stereocenters. The van der Waals surface area contributed by atoms with Crippen LogP contribution in [0, 0.1) is 16.7 Å². The van der Waals surface area contributed by atoms with Crippen LogP contribution in [0.2, 0.25) is 0 Å². The molecule has 0 bridgehead atoms. The van der Waals surface area contributed by atoms with Gasteiger partial charge in [0.1, 0.15) is 0 Å². The monoisotopic (exact) mass is 250 g/mol. The van der Waals surface area contributed by atoms with Gasteiger partial charge in [0, 0.05) is 0 Å². The summed E-state index contributed by atoms with van der Waals surface area (Å²) in [4.78, 5) is 0. The summed E-state index contributed by atoms with van der Waals surface area (Å²) in [5.41, 5.74) is 0.947. The van der Waals surface area contributed by atoms with Gasteiger partial charge in [-0.1, -0.05) is 25.0 Å². The molecule has 0 saturated carbocycles. The molecule has 1 rings (SSSR count). The highest BCUT2D eigenvalue weighted by atomic mass is 19.1. The Morgan fingerprint density at radius 2 is 2.06 bits per heavy atom. The van der Waals surface area contributed by atoms with E-state index in [1.807, 2.05) is 6.08 Å². The van der Waals surface area contributed by atoms with Crippen molar-refractivity contribution in [2.24, 2.45) is 5.41 Å². The lowest BCUT2D eigenvalue weighted by molar-refractivity contribution is 0.277. The molecule has 1 heterocycles. The van der Waals surface area contributed by atoms with Gasteiger partial charge in [0.15, 0.2) is 0 Å². The fourth-order valence-electron chi connectivity index (χ4n) is 2.45. The Bertz CT molecular complexity index is 353. The first-order valence-corrected chi connectivity index (χ1v) is 6.76. The summed E-state index contributed by atoms with van der Waals surface area (Å²) in [6, 6.07) is 2.50. The molecule has 0 aromatic carbocycles. The third-order valence-electron chi connectivity index (χ3n) is 3.48. The topological polar surface area (TPSA) is 35.8 Å². The first-order chi connectivity index (χ1) is 8.62. The quantitative estimate of drug-likeness (QED) is 0.752. The molecule has 1 saturated heterocycles. The molecule has 1 fully saturated rings. The fourth-order valence-corrected chi connectivity index (χ4v) is 2.45. The number of rotatable bonds is 5. The van der Waals surface area contributed by atoms with Gasteiger partial charge in [0.2, 0.25) is 0 Å². The van der Waals surface area contributed by atoms with Crippen LogP contribution in [0.3, 0.4) is 0 Å². The molecule has 1 N–H and O–H groups in total. The van der Waals surface area contributed by atoms with Gasteiger partial charge >= 0.3 is 0 Å². The number of piperidine rings is 1. The minimum Gasteiger partial charge on any atom is -0.317 e. The summed E-state index contributed by atoms with van der Waals surface area (Å²) < 4.78 is 12.8. The van der Waals surface area contributed by atoms with E-state index in [4.69, 9.17) is 0 Å². The smallest absolute Gasteiger partial charge is 0.0968 e.